The van der Waals surface area contributed by atoms with Crippen LogP contribution in [-0.2, 0) is 25.7 Å². The molecule has 0 radical (unpaired) electrons. The molecule has 41 heavy (non-hydrogen) atoms. The summed E-state index contributed by atoms with van der Waals surface area (Å²) in [4.78, 5) is 37.3. The van der Waals surface area contributed by atoms with Gasteiger partial charge in [-0.05, 0) is 46.5 Å². The summed E-state index contributed by atoms with van der Waals surface area (Å²) in [5, 5.41) is 0. The molecule has 4 atom stereocenters. The fourth-order valence-electron chi connectivity index (χ4n) is 6.12. The zero-order valence-electron chi connectivity index (χ0n) is 22.5. The molecular weight excluding hydrogens is 532 g/mol. The molecule has 0 N–H and O–H groups in total. The summed E-state index contributed by atoms with van der Waals surface area (Å²) in [7, 11) is 2.91. The number of fused-ring (bicyclic) bond motifs is 3. The van der Waals surface area contributed by atoms with Gasteiger partial charge in [0.05, 0.1) is 26.7 Å². The topological polar surface area (TPSA) is 116 Å². The molecule has 0 spiro atoms. The standard InChI is InChI=1S/C31H28O10/c1-35-25-10-18(11-26(36-2)29(25)41-31(34)38-14-17-6-4-3-5-7-17)27-21-13-24-23(39-16-40-24)12-20(21)19(8-9-32)28-22(27)15-37-30(28)33/h3-7,9-13,19,22,27-28H,8,14-16H2,1-2H3/t19-,22-,27-,28-/m1/s1. The van der Waals surface area contributed by atoms with Crippen LogP contribution in [0.4, 0.5) is 4.79 Å². The third kappa shape index (κ3) is 4.79. The highest BCUT2D eigenvalue weighted by Crippen LogP contribution is 2.56. The lowest BCUT2D eigenvalue weighted by atomic mass is 9.62. The van der Waals surface area contributed by atoms with Crippen molar-refractivity contribution < 1.29 is 47.5 Å². The van der Waals surface area contributed by atoms with Crippen LogP contribution in [0.25, 0.3) is 0 Å². The van der Waals surface area contributed by atoms with Gasteiger partial charge in [-0.1, -0.05) is 30.3 Å². The predicted molar refractivity (Wildman–Crippen MR) is 143 cm³/mol. The van der Waals surface area contributed by atoms with Crippen LogP contribution in [0, 0.1) is 11.8 Å². The molecule has 3 aromatic rings. The lowest BCUT2D eigenvalue weighted by molar-refractivity contribution is -0.142. The van der Waals surface area contributed by atoms with E-state index in [4.69, 9.17) is 33.2 Å². The molecule has 0 amide bonds. The van der Waals surface area contributed by atoms with Gasteiger partial charge in [-0.3, -0.25) is 4.79 Å². The molecule has 10 nitrogen and oxygen atoms in total. The van der Waals surface area contributed by atoms with E-state index in [-0.39, 0.29) is 67.4 Å². The van der Waals surface area contributed by atoms with Crippen molar-refractivity contribution in [3.8, 4) is 28.7 Å². The van der Waals surface area contributed by atoms with E-state index in [0.29, 0.717) is 11.5 Å². The monoisotopic (exact) mass is 560 g/mol. The number of cyclic esters (lactones) is 1. The molecular formula is C31H28O10. The highest BCUT2D eigenvalue weighted by molar-refractivity contribution is 5.79. The van der Waals surface area contributed by atoms with Gasteiger partial charge in [-0.15, -0.1) is 0 Å². The van der Waals surface area contributed by atoms with E-state index in [2.05, 4.69) is 0 Å². The van der Waals surface area contributed by atoms with Crippen LogP contribution in [-0.4, -0.2) is 46.0 Å². The van der Waals surface area contributed by atoms with Gasteiger partial charge in [-0.2, -0.15) is 0 Å². The van der Waals surface area contributed by atoms with Crippen molar-refractivity contribution in [1.82, 2.24) is 0 Å². The van der Waals surface area contributed by atoms with Crippen LogP contribution in [0.3, 0.4) is 0 Å². The minimum absolute atomic E-state index is 0.0381. The van der Waals surface area contributed by atoms with Crippen molar-refractivity contribution in [2.45, 2.75) is 24.9 Å². The van der Waals surface area contributed by atoms with Gasteiger partial charge in [0.2, 0.25) is 12.5 Å². The van der Waals surface area contributed by atoms with E-state index in [9.17, 15) is 14.4 Å². The maximum Gasteiger partial charge on any atom is 0.514 e. The number of benzene rings is 3. The lowest BCUT2D eigenvalue weighted by Crippen LogP contribution is -2.35. The third-order valence-electron chi connectivity index (χ3n) is 7.90. The van der Waals surface area contributed by atoms with Gasteiger partial charge in [0.1, 0.15) is 12.9 Å². The number of rotatable bonds is 8. The number of carbonyl (C=O) groups is 3. The number of hydrogen-bond acceptors (Lipinski definition) is 10. The first-order valence-corrected chi connectivity index (χ1v) is 13.2. The van der Waals surface area contributed by atoms with Crippen LogP contribution in [0.15, 0.2) is 54.6 Å². The Kier molecular flexibility index (Phi) is 7.13. The smallest absolute Gasteiger partial charge is 0.493 e. The molecule has 0 aromatic heterocycles. The van der Waals surface area contributed by atoms with Crippen molar-refractivity contribution in [2.24, 2.45) is 11.8 Å². The Morgan fingerprint density at radius 3 is 2.29 bits per heavy atom. The first-order valence-electron chi connectivity index (χ1n) is 13.2. The van der Waals surface area contributed by atoms with Crippen molar-refractivity contribution in [3.63, 3.8) is 0 Å². The fraction of sp³-hybridized carbons (Fsp3) is 0.323. The fourth-order valence-corrected chi connectivity index (χ4v) is 6.12. The van der Waals surface area contributed by atoms with Crippen molar-refractivity contribution in [3.05, 3.63) is 76.9 Å². The first-order chi connectivity index (χ1) is 20.0. The Morgan fingerprint density at radius 1 is 0.951 bits per heavy atom. The third-order valence-corrected chi connectivity index (χ3v) is 7.90. The van der Waals surface area contributed by atoms with Gasteiger partial charge in [-0.25, -0.2) is 4.79 Å². The molecule has 2 heterocycles. The predicted octanol–water partition coefficient (Wildman–Crippen LogP) is 4.76. The Bertz CT molecular complexity index is 1460. The number of ether oxygens (including phenoxy) is 7. The molecule has 1 aliphatic carbocycles. The van der Waals surface area contributed by atoms with Crippen molar-refractivity contribution >= 4 is 18.4 Å². The second kappa shape index (κ2) is 11.0. The average molecular weight is 561 g/mol. The summed E-state index contributed by atoms with van der Waals surface area (Å²) in [6.45, 7) is 0.312. The van der Waals surface area contributed by atoms with E-state index in [1.165, 1.54) is 14.2 Å². The Labute approximate surface area is 236 Å². The van der Waals surface area contributed by atoms with E-state index >= 15 is 0 Å². The number of carbonyl (C=O) groups excluding carboxylic acids is 3. The van der Waals surface area contributed by atoms with E-state index in [0.717, 1.165) is 28.5 Å². The first kappa shape index (κ1) is 26.5. The summed E-state index contributed by atoms with van der Waals surface area (Å²) in [5.41, 5.74) is 3.28. The Morgan fingerprint density at radius 2 is 1.63 bits per heavy atom. The van der Waals surface area contributed by atoms with Crippen LogP contribution in [0.2, 0.25) is 0 Å². The van der Waals surface area contributed by atoms with E-state index in [1.54, 1.807) is 12.1 Å². The molecule has 0 saturated carbocycles. The lowest BCUT2D eigenvalue weighted by Gasteiger charge is -2.38. The van der Waals surface area contributed by atoms with Crippen molar-refractivity contribution in [2.75, 3.05) is 27.6 Å². The quantitative estimate of drug-likeness (QED) is 0.217. The van der Waals surface area contributed by atoms with Gasteiger partial charge < -0.3 is 38.0 Å². The van der Waals surface area contributed by atoms with E-state index in [1.807, 2.05) is 42.5 Å². The second-order valence-electron chi connectivity index (χ2n) is 10.0. The summed E-state index contributed by atoms with van der Waals surface area (Å²) in [5.74, 6) is -0.136. The van der Waals surface area contributed by atoms with E-state index < -0.39 is 12.1 Å². The molecule has 212 valence electrons. The SMILES string of the molecule is COc1cc([C@@H]2c3cc4c(cc3[C@@H](CC=O)[C@H]3C(=O)OC[C@H]23)OCO4)cc(OC)c1OC(=O)OCc1ccccc1. The van der Waals surface area contributed by atoms with Crippen LogP contribution >= 0.6 is 0 Å². The van der Waals surface area contributed by atoms with Gasteiger partial charge in [0.25, 0.3) is 0 Å². The maximum absolute atomic E-state index is 13.0. The molecule has 2 aliphatic heterocycles. The molecule has 1 fully saturated rings. The zero-order valence-corrected chi connectivity index (χ0v) is 22.5. The minimum atomic E-state index is -0.916. The van der Waals surface area contributed by atoms with Gasteiger partial charge >= 0.3 is 12.1 Å². The summed E-state index contributed by atoms with van der Waals surface area (Å²) >= 11 is 0. The number of hydrogen-bond donors (Lipinski definition) is 0. The average Bonchev–Trinajstić information content (AvgIpc) is 3.62. The minimum Gasteiger partial charge on any atom is -0.493 e. The van der Waals surface area contributed by atoms with Crippen LogP contribution in [0.1, 0.15) is 40.5 Å². The molecule has 10 heteroatoms. The van der Waals surface area contributed by atoms with Crippen molar-refractivity contribution in [1.29, 1.82) is 0 Å². The number of aldehydes is 1. The highest BCUT2D eigenvalue weighted by Gasteiger charge is 2.52. The molecule has 0 bridgehead atoms. The zero-order chi connectivity index (χ0) is 28.5. The number of methoxy groups -OCH3 is 2. The Balaban J connectivity index is 1.39. The molecule has 3 aromatic carbocycles. The second-order valence-corrected chi connectivity index (χ2v) is 10.0. The normalized spacial score (nSPS) is 21.8. The van der Waals surface area contributed by atoms with Crippen LogP contribution in [0.5, 0.6) is 28.7 Å². The molecule has 6 rings (SSSR count). The van der Waals surface area contributed by atoms with Gasteiger partial charge in [0, 0.05) is 24.2 Å². The number of esters is 1. The summed E-state index contributed by atoms with van der Waals surface area (Å²) in [6.07, 6.45) is 0.0810. The summed E-state index contributed by atoms with van der Waals surface area (Å²) < 4.78 is 38.9. The Hall–Kier alpha value is -4.73. The highest BCUT2D eigenvalue weighted by atomic mass is 16.7. The maximum atomic E-state index is 13.0. The summed E-state index contributed by atoms with van der Waals surface area (Å²) in [6, 6.07) is 16.5. The molecule has 0 unspecified atom stereocenters. The van der Waals surface area contributed by atoms with Crippen LogP contribution < -0.4 is 23.7 Å². The molecule has 1 saturated heterocycles. The van der Waals surface area contributed by atoms with Gasteiger partial charge in [0.15, 0.2) is 23.0 Å². The largest absolute Gasteiger partial charge is 0.514 e. The molecule has 3 aliphatic rings.